The molecule has 1 fully saturated rings. The van der Waals surface area contributed by atoms with Crippen molar-refractivity contribution in [2.45, 2.75) is 51.5 Å². The highest BCUT2D eigenvalue weighted by Crippen LogP contribution is 2.36. The maximum absolute atomic E-state index is 3.63. The molecule has 74 valence electrons. The van der Waals surface area contributed by atoms with Gasteiger partial charge in [0.05, 0.1) is 0 Å². The minimum Gasteiger partial charge on any atom is -0.311 e. The zero-order valence-corrected chi connectivity index (χ0v) is 8.68. The van der Waals surface area contributed by atoms with Crippen molar-refractivity contribution in [3.05, 3.63) is 11.6 Å². The maximum Gasteiger partial charge on any atom is 0.0281 e. The molecule has 0 aromatic carbocycles. The standard InChI is InChI=1S/C12H21N/c1-2-13-12(9-10-7-8-10)11-5-3-4-6-11/h5,10,12-13H,2-4,6-9H2,1H3. The lowest BCUT2D eigenvalue weighted by Gasteiger charge is -2.19. The van der Waals surface area contributed by atoms with E-state index >= 15 is 0 Å². The number of likely N-dealkylation sites (N-methyl/N-ethyl adjacent to an activating group) is 1. The van der Waals surface area contributed by atoms with E-state index in [1.54, 1.807) is 5.57 Å². The summed E-state index contributed by atoms with van der Waals surface area (Å²) >= 11 is 0. The monoisotopic (exact) mass is 179 g/mol. The molecule has 0 amide bonds. The Balaban J connectivity index is 1.86. The predicted molar refractivity (Wildman–Crippen MR) is 56.7 cm³/mol. The van der Waals surface area contributed by atoms with Crippen LogP contribution in [0, 0.1) is 5.92 Å². The topological polar surface area (TPSA) is 12.0 Å². The minimum absolute atomic E-state index is 0.722. The molecular weight excluding hydrogens is 158 g/mol. The Morgan fingerprint density at radius 1 is 1.54 bits per heavy atom. The van der Waals surface area contributed by atoms with Gasteiger partial charge in [-0.2, -0.15) is 0 Å². The molecule has 0 aromatic rings. The van der Waals surface area contributed by atoms with Gasteiger partial charge < -0.3 is 5.32 Å². The Morgan fingerprint density at radius 2 is 2.38 bits per heavy atom. The van der Waals surface area contributed by atoms with Gasteiger partial charge in [0.2, 0.25) is 0 Å². The van der Waals surface area contributed by atoms with E-state index in [-0.39, 0.29) is 0 Å². The normalized spacial score (nSPS) is 24.5. The van der Waals surface area contributed by atoms with Gasteiger partial charge in [0.15, 0.2) is 0 Å². The first-order valence-corrected chi connectivity index (χ1v) is 5.82. The molecule has 1 saturated carbocycles. The van der Waals surface area contributed by atoms with Gasteiger partial charge in [-0.3, -0.25) is 0 Å². The van der Waals surface area contributed by atoms with E-state index in [4.69, 9.17) is 0 Å². The largest absolute Gasteiger partial charge is 0.311 e. The first-order chi connectivity index (χ1) is 6.40. The fourth-order valence-corrected chi connectivity index (χ4v) is 2.31. The summed E-state index contributed by atoms with van der Waals surface area (Å²) in [6.45, 7) is 3.34. The van der Waals surface area contributed by atoms with Crippen molar-refractivity contribution in [2.75, 3.05) is 6.54 Å². The summed E-state index contributed by atoms with van der Waals surface area (Å²) in [5.74, 6) is 1.05. The Hall–Kier alpha value is -0.300. The molecule has 0 aliphatic heterocycles. The first kappa shape index (κ1) is 9.26. The summed E-state index contributed by atoms with van der Waals surface area (Å²) in [5.41, 5.74) is 1.70. The molecule has 2 aliphatic rings. The number of rotatable bonds is 5. The molecule has 0 bridgehead atoms. The quantitative estimate of drug-likeness (QED) is 0.640. The average molecular weight is 179 g/mol. The van der Waals surface area contributed by atoms with Crippen LogP contribution in [0.15, 0.2) is 11.6 Å². The van der Waals surface area contributed by atoms with Crippen LogP contribution in [0.1, 0.15) is 45.4 Å². The third kappa shape index (κ3) is 2.57. The fraction of sp³-hybridized carbons (Fsp3) is 0.833. The van der Waals surface area contributed by atoms with Crippen LogP contribution in [0.5, 0.6) is 0 Å². The van der Waals surface area contributed by atoms with Gasteiger partial charge >= 0.3 is 0 Å². The Bertz CT molecular complexity index is 191. The van der Waals surface area contributed by atoms with Crippen LogP contribution in [-0.4, -0.2) is 12.6 Å². The summed E-state index contributed by atoms with van der Waals surface area (Å²) in [6.07, 6.45) is 10.9. The lowest BCUT2D eigenvalue weighted by Crippen LogP contribution is -2.30. The third-order valence-corrected chi connectivity index (χ3v) is 3.24. The summed E-state index contributed by atoms with van der Waals surface area (Å²) < 4.78 is 0. The first-order valence-electron chi connectivity index (χ1n) is 5.82. The molecule has 0 heterocycles. The zero-order valence-electron chi connectivity index (χ0n) is 8.68. The van der Waals surface area contributed by atoms with E-state index in [1.807, 2.05) is 0 Å². The molecular formula is C12H21N. The van der Waals surface area contributed by atoms with Gasteiger partial charge in [-0.15, -0.1) is 0 Å². The predicted octanol–water partition coefficient (Wildman–Crippen LogP) is 2.87. The highest BCUT2D eigenvalue weighted by molar-refractivity contribution is 5.15. The highest BCUT2D eigenvalue weighted by Gasteiger charge is 2.27. The van der Waals surface area contributed by atoms with E-state index < -0.39 is 0 Å². The maximum atomic E-state index is 3.63. The lowest BCUT2D eigenvalue weighted by atomic mass is 10.0. The summed E-state index contributed by atoms with van der Waals surface area (Å²) in [7, 11) is 0. The van der Waals surface area contributed by atoms with E-state index in [2.05, 4.69) is 18.3 Å². The van der Waals surface area contributed by atoms with Crippen LogP contribution in [0.2, 0.25) is 0 Å². The molecule has 1 unspecified atom stereocenters. The van der Waals surface area contributed by atoms with Crippen molar-refractivity contribution in [3.8, 4) is 0 Å². The Morgan fingerprint density at radius 3 is 2.92 bits per heavy atom. The van der Waals surface area contributed by atoms with Crippen molar-refractivity contribution in [1.29, 1.82) is 0 Å². The number of hydrogen-bond acceptors (Lipinski definition) is 1. The molecule has 1 heteroatoms. The molecule has 0 spiro atoms. The molecule has 0 aromatic heterocycles. The molecule has 0 saturated heterocycles. The second-order valence-corrected chi connectivity index (χ2v) is 4.46. The molecule has 1 N–H and O–H groups in total. The van der Waals surface area contributed by atoms with E-state index in [0.29, 0.717) is 0 Å². The van der Waals surface area contributed by atoms with E-state index in [0.717, 1.165) is 18.5 Å². The smallest absolute Gasteiger partial charge is 0.0281 e. The number of nitrogens with one attached hydrogen (secondary N) is 1. The van der Waals surface area contributed by atoms with Crippen molar-refractivity contribution >= 4 is 0 Å². The Labute approximate surface area is 81.6 Å². The number of hydrogen-bond donors (Lipinski definition) is 1. The van der Waals surface area contributed by atoms with Gasteiger partial charge in [-0.25, -0.2) is 0 Å². The van der Waals surface area contributed by atoms with Gasteiger partial charge in [0.25, 0.3) is 0 Å². The van der Waals surface area contributed by atoms with Crippen molar-refractivity contribution in [3.63, 3.8) is 0 Å². The molecule has 2 rings (SSSR count). The molecule has 1 atom stereocenters. The molecule has 1 nitrogen and oxygen atoms in total. The van der Waals surface area contributed by atoms with Gasteiger partial charge in [0, 0.05) is 6.04 Å². The van der Waals surface area contributed by atoms with Crippen molar-refractivity contribution < 1.29 is 0 Å². The number of allylic oxidation sites excluding steroid dienone is 1. The van der Waals surface area contributed by atoms with Gasteiger partial charge in [-0.05, 0) is 38.1 Å². The van der Waals surface area contributed by atoms with Gasteiger partial charge in [0.1, 0.15) is 0 Å². The van der Waals surface area contributed by atoms with Crippen LogP contribution in [-0.2, 0) is 0 Å². The summed E-state index contributed by atoms with van der Waals surface area (Å²) in [5, 5.41) is 3.63. The van der Waals surface area contributed by atoms with E-state index in [1.165, 1.54) is 38.5 Å². The zero-order chi connectivity index (χ0) is 9.10. The molecule has 0 radical (unpaired) electrons. The van der Waals surface area contributed by atoms with Crippen molar-refractivity contribution in [1.82, 2.24) is 5.32 Å². The fourth-order valence-electron chi connectivity index (χ4n) is 2.31. The molecule has 13 heavy (non-hydrogen) atoms. The van der Waals surface area contributed by atoms with Crippen LogP contribution in [0.4, 0.5) is 0 Å². The average Bonchev–Trinajstić information content (AvgIpc) is 2.80. The third-order valence-electron chi connectivity index (χ3n) is 3.24. The minimum atomic E-state index is 0.722. The van der Waals surface area contributed by atoms with Crippen LogP contribution >= 0.6 is 0 Å². The second kappa shape index (κ2) is 4.28. The van der Waals surface area contributed by atoms with Crippen LogP contribution < -0.4 is 5.32 Å². The highest BCUT2D eigenvalue weighted by atomic mass is 14.9. The van der Waals surface area contributed by atoms with E-state index in [9.17, 15) is 0 Å². The van der Waals surface area contributed by atoms with Crippen molar-refractivity contribution in [2.24, 2.45) is 5.92 Å². The SMILES string of the molecule is CCNC(CC1CC1)C1=CCCC1. The summed E-state index contributed by atoms with van der Waals surface area (Å²) in [4.78, 5) is 0. The van der Waals surface area contributed by atoms with Crippen LogP contribution in [0.3, 0.4) is 0 Å². The summed E-state index contributed by atoms with van der Waals surface area (Å²) in [6, 6.07) is 0.722. The second-order valence-electron chi connectivity index (χ2n) is 4.46. The van der Waals surface area contributed by atoms with Crippen LogP contribution in [0.25, 0.3) is 0 Å². The Kier molecular flexibility index (Phi) is 3.05. The molecule has 2 aliphatic carbocycles. The lowest BCUT2D eigenvalue weighted by molar-refractivity contribution is 0.512. The van der Waals surface area contributed by atoms with Gasteiger partial charge in [-0.1, -0.05) is 31.4 Å².